The van der Waals surface area contributed by atoms with E-state index in [4.69, 9.17) is 4.74 Å². The van der Waals surface area contributed by atoms with Gasteiger partial charge in [-0.05, 0) is 55.5 Å². The molecule has 0 atom stereocenters. The summed E-state index contributed by atoms with van der Waals surface area (Å²) in [4.78, 5) is 30.8. The number of benzene rings is 2. The number of pyridine rings is 1. The van der Waals surface area contributed by atoms with Crippen LogP contribution in [0.1, 0.15) is 41.6 Å². The number of nitrogens with zero attached hydrogens (tertiary/aromatic N) is 2. The molecule has 2 aliphatic rings. The molecule has 0 radical (unpaired) electrons. The van der Waals surface area contributed by atoms with Gasteiger partial charge < -0.3 is 9.64 Å². The van der Waals surface area contributed by atoms with Crippen LogP contribution in [0.25, 0.3) is 10.9 Å². The zero-order valence-electron chi connectivity index (χ0n) is 16.8. The smallest absolute Gasteiger partial charge is 0.315 e. The zero-order chi connectivity index (χ0) is 20.5. The molecule has 3 heterocycles. The van der Waals surface area contributed by atoms with Gasteiger partial charge in [-0.15, -0.1) is 0 Å². The van der Waals surface area contributed by atoms with Gasteiger partial charge in [0.15, 0.2) is 5.78 Å². The van der Waals surface area contributed by atoms with Crippen LogP contribution in [-0.4, -0.2) is 29.8 Å². The number of hydrogen-bond donors (Lipinski definition) is 0. The van der Waals surface area contributed by atoms with Crippen LogP contribution in [0.2, 0.25) is 0 Å². The summed E-state index contributed by atoms with van der Waals surface area (Å²) in [6.07, 6.45) is 5.77. The molecule has 3 aromatic rings. The van der Waals surface area contributed by atoms with E-state index in [1.54, 1.807) is 6.07 Å². The minimum absolute atomic E-state index is 0.130. The average molecular weight is 400 g/mol. The second-order valence-corrected chi connectivity index (χ2v) is 8.25. The summed E-state index contributed by atoms with van der Waals surface area (Å²) in [5.41, 5.74) is 3.78. The van der Waals surface area contributed by atoms with Gasteiger partial charge in [-0.2, -0.15) is 0 Å². The second-order valence-electron chi connectivity index (χ2n) is 8.25. The van der Waals surface area contributed by atoms with Gasteiger partial charge in [-0.3, -0.25) is 14.6 Å². The van der Waals surface area contributed by atoms with Crippen LogP contribution in [0.15, 0.2) is 54.7 Å². The lowest BCUT2D eigenvalue weighted by Gasteiger charge is -2.33. The maximum absolute atomic E-state index is 12.6. The van der Waals surface area contributed by atoms with Crippen LogP contribution in [-0.2, 0) is 11.2 Å². The summed E-state index contributed by atoms with van der Waals surface area (Å²) in [6.45, 7) is 2.03. The zero-order valence-corrected chi connectivity index (χ0v) is 16.8. The number of Topliss-reactive ketones (excluding diaryl/α,β-unsaturated/α-hetero) is 1. The molecule has 0 spiro atoms. The number of ether oxygens (including phenoxy) is 1. The molecule has 5 rings (SSSR count). The molecule has 0 unspecified atom stereocenters. The standard InChI is InChI=1S/C25H24N2O3/c28-23(19-4-5-20-16-25(29)30-24(20)15-19)8-3-17-9-12-27(13-10-17)21-6-7-22-18(14-21)2-1-11-26-22/h1-2,4-7,11,14-15,17H,3,8-10,12-13,16H2. The van der Waals surface area contributed by atoms with Crippen molar-refractivity contribution in [3.63, 3.8) is 0 Å². The van der Waals surface area contributed by atoms with Crippen LogP contribution < -0.4 is 9.64 Å². The molecular formula is C25H24N2O3. The van der Waals surface area contributed by atoms with E-state index in [-0.39, 0.29) is 11.8 Å². The normalized spacial score (nSPS) is 16.5. The van der Waals surface area contributed by atoms with Crippen molar-refractivity contribution in [3.05, 3.63) is 65.9 Å². The summed E-state index contributed by atoms with van der Waals surface area (Å²) in [5.74, 6) is 0.999. The number of anilines is 1. The largest absolute Gasteiger partial charge is 0.426 e. The van der Waals surface area contributed by atoms with Crippen molar-refractivity contribution in [2.24, 2.45) is 5.92 Å². The van der Waals surface area contributed by atoms with Crippen molar-refractivity contribution in [1.29, 1.82) is 0 Å². The highest BCUT2D eigenvalue weighted by Crippen LogP contribution is 2.30. The number of rotatable bonds is 5. The van der Waals surface area contributed by atoms with Crippen molar-refractivity contribution < 1.29 is 14.3 Å². The maximum Gasteiger partial charge on any atom is 0.315 e. The van der Waals surface area contributed by atoms with Crippen LogP contribution in [0.4, 0.5) is 5.69 Å². The Morgan fingerprint density at radius 3 is 2.83 bits per heavy atom. The highest BCUT2D eigenvalue weighted by atomic mass is 16.5. The Hall–Kier alpha value is -3.21. The first-order valence-corrected chi connectivity index (χ1v) is 10.6. The van der Waals surface area contributed by atoms with Crippen LogP contribution >= 0.6 is 0 Å². The van der Waals surface area contributed by atoms with Crippen molar-refractivity contribution in [2.45, 2.75) is 32.1 Å². The highest BCUT2D eigenvalue weighted by Gasteiger charge is 2.23. The monoisotopic (exact) mass is 400 g/mol. The summed E-state index contributed by atoms with van der Waals surface area (Å²) >= 11 is 0. The molecule has 2 aromatic carbocycles. The van der Waals surface area contributed by atoms with Gasteiger partial charge >= 0.3 is 5.97 Å². The predicted molar refractivity (Wildman–Crippen MR) is 116 cm³/mol. The predicted octanol–water partition coefficient (Wildman–Crippen LogP) is 4.58. The number of fused-ring (bicyclic) bond motifs is 2. The Kier molecular flexibility index (Phi) is 4.95. The summed E-state index contributed by atoms with van der Waals surface area (Å²) in [5, 5.41) is 1.17. The highest BCUT2D eigenvalue weighted by molar-refractivity contribution is 5.97. The number of piperidine rings is 1. The fourth-order valence-electron chi connectivity index (χ4n) is 4.50. The van der Waals surface area contributed by atoms with Gasteiger partial charge in [0.2, 0.25) is 0 Å². The molecule has 2 aliphatic heterocycles. The third-order valence-corrected chi connectivity index (χ3v) is 6.29. The van der Waals surface area contributed by atoms with Crippen molar-refractivity contribution >= 4 is 28.3 Å². The first-order chi connectivity index (χ1) is 14.7. The number of carbonyl (C=O) groups is 2. The molecule has 0 N–H and O–H groups in total. The van der Waals surface area contributed by atoms with Crippen LogP contribution in [0, 0.1) is 5.92 Å². The lowest BCUT2D eigenvalue weighted by Crippen LogP contribution is -2.33. The lowest BCUT2D eigenvalue weighted by atomic mass is 9.90. The lowest BCUT2D eigenvalue weighted by molar-refractivity contribution is -0.131. The molecule has 0 amide bonds. The number of carbonyl (C=O) groups excluding carboxylic acids is 2. The molecule has 1 saturated heterocycles. The van der Waals surface area contributed by atoms with Gasteiger partial charge in [-0.25, -0.2) is 0 Å². The quantitative estimate of drug-likeness (QED) is 0.357. The molecule has 1 aromatic heterocycles. The van der Waals surface area contributed by atoms with Crippen molar-refractivity contribution in [3.8, 4) is 5.75 Å². The van der Waals surface area contributed by atoms with E-state index in [1.165, 1.54) is 11.1 Å². The first-order valence-electron chi connectivity index (χ1n) is 10.6. The molecular weight excluding hydrogens is 376 g/mol. The maximum atomic E-state index is 12.6. The summed E-state index contributed by atoms with van der Waals surface area (Å²) < 4.78 is 5.17. The van der Waals surface area contributed by atoms with E-state index in [1.807, 2.05) is 24.4 Å². The fourth-order valence-corrected chi connectivity index (χ4v) is 4.50. The number of hydrogen-bond acceptors (Lipinski definition) is 5. The Labute approximate surface area is 175 Å². The summed E-state index contributed by atoms with van der Waals surface area (Å²) in [7, 11) is 0. The Balaban J connectivity index is 1.15. The minimum atomic E-state index is -0.246. The summed E-state index contributed by atoms with van der Waals surface area (Å²) in [6, 6.07) is 15.9. The topological polar surface area (TPSA) is 59.5 Å². The van der Waals surface area contributed by atoms with Gasteiger partial charge in [0.05, 0.1) is 11.9 Å². The van der Waals surface area contributed by atoms with E-state index in [2.05, 4.69) is 34.1 Å². The van der Waals surface area contributed by atoms with E-state index in [0.717, 1.165) is 43.4 Å². The number of aromatic nitrogens is 1. The third kappa shape index (κ3) is 3.80. The number of ketones is 1. The molecule has 152 valence electrons. The molecule has 5 nitrogen and oxygen atoms in total. The van der Waals surface area contributed by atoms with Crippen LogP contribution in [0.3, 0.4) is 0 Å². The Bertz CT molecular complexity index is 1120. The first kappa shape index (κ1) is 18.8. The molecule has 0 bridgehead atoms. The molecule has 5 heteroatoms. The van der Waals surface area contributed by atoms with Crippen LogP contribution in [0.5, 0.6) is 5.75 Å². The Morgan fingerprint density at radius 2 is 1.97 bits per heavy atom. The number of esters is 1. The van der Waals surface area contributed by atoms with E-state index in [9.17, 15) is 9.59 Å². The van der Waals surface area contributed by atoms with Crippen molar-refractivity contribution in [2.75, 3.05) is 18.0 Å². The minimum Gasteiger partial charge on any atom is -0.426 e. The Morgan fingerprint density at radius 1 is 1.10 bits per heavy atom. The fraction of sp³-hybridized carbons (Fsp3) is 0.320. The SMILES string of the molecule is O=C1Cc2ccc(C(=O)CCC3CCN(c4ccc5ncccc5c4)CC3)cc2O1. The average Bonchev–Trinajstić information content (AvgIpc) is 3.16. The van der Waals surface area contributed by atoms with E-state index >= 15 is 0 Å². The van der Waals surface area contributed by atoms with E-state index < -0.39 is 0 Å². The molecule has 1 fully saturated rings. The van der Waals surface area contributed by atoms with Gasteiger partial charge in [0.25, 0.3) is 0 Å². The van der Waals surface area contributed by atoms with Crippen molar-refractivity contribution in [1.82, 2.24) is 4.98 Å². The molecule has 0 saturated carbocycles. The van der Waals surface area contributed by atoms with Gasteiger partial charge in [-0.1, -0.05) is 18.2 Å². The third-order valence-electron chi connectivity index (χ3n) is 6.29. The molecule has 0 aliphatic carbocycles. The second kappa shape index (κ2) is 7.90. The molecule has 30 heavy (non-hydrogen) atoms. The van der Waals surface area contributed by atoms with Gasteiger partial charge in [0, 0.05) is 47.9 Å². The van der Waals surface area contributed by atoms with Gasteiger partial charge in [0.1, 0.15) is 5.75 Å². The van der Waals surface area contributed by atoms with E-state index in [0.29, 0.717) is 30.1 Å².